The molecule has 0 unspecified atom stereocenters. The average Bonchev–Trinajstić information content (AvgIpc) is 2.54. The Morgan fingerprint density at radius 3 is 2.67 bits per heavy atom. The molecule has 0 bridgehead atoms. The molecule has 1 amide bonds. The molecular weight excluding hydrogens is 302 g/mol. The zero-order valence-electron chi connectivity index (χ0n) is 13.8. The van der Waals surface area contributed by atoms with E-state index in [2.05, 4.69) is 17.5 Å². The second-order valence-corrected chi connectivity index (χ2v) is 6.77. The number of hydrogen-bond donors (Lipinski definition) is 1. The van der Waals surface area contributed by atoms with Crippen molar-refractivity contribution < 1.29 is 9.90 Å². The first-order valence-corrected chi connectivity index (χ1v) is 8.42. The summed E-state index contributed by atoms with van der Waals surface area (Å²) in [6.07, 6.45) is 3.54. The molecule has 5 heteroatoms. The van der Waals surface area contributed by atoms with Gasteiger partial charge < -0.3 is 14.9 Å². The maximum Gasteiger partial charge on any atom is 0.229 e. The first kappa shape index (κ1) is 16.5. The van der Waals surface area contributed by atoms with E-state index in [1.165, 1.54) is 0 Å². The third-order valence-corrected chi connectivity index (χ3v) is 5.13. The fourth-order valence-corrected chi connectivity index (χ4v) is 3.55. The van der Waals surface area contributed by atoms with E-state index in [0.717, 1.165) is 5.69 Å². The number of hydrogen-bond acceptors (Lipinski definition) is 4. The lowest BCUT2D eigenvalue weighted by Crippen LogP contribution is -2.57. The van der Waals surface area contributed by atoms with Crippen LogP contribution in [0, 0.1) is 17.2 Å². The van der Waals surface area contributed by atoms with E-state index >= 15 is 0 Å². The Kier molecular flexibility index (Phi) is 4.59. The second kappa shape index (κ2) is 6.66. The molecule has 2 fully saturated rings. The summed E-state index contributed by atoms with van der Waals surface area (Å²) in [5.74, 6) is 0.156. The minimum Gasteiger partial charge on any atom is -0.389 e. The Balaban J connectivity index is 1.54. The van der Waals surface area contributed by atoms with Gasteiger partial charge in [0.25, 0.3) is 0 Å². The van der Waals surface area contributed by atoms with Gasteiger partial charge in [-0.15, -0.1) is 6.58 Å². The fourth-order valence-electron chi connectivity index (χ4n) is 3.55. The van der Waals surface area contributed by atoms with E-state index in [9.17, 15) is 15.2 Å². The molecule has 126 valence electrons. The summed E-state index contributed by atoms with van der Waals surface area (Å²) in [5.41, 5.74) is 0.856. The number of carbonyl (C=O) groups is 1. The third kappa shape index (κ3) is 3.15. The summed E-state index contributed by atoms with van der Waals surface area (Å²) in [4.78, 5) is 16.6. The van der Waals surface area contributed by atoms with Gasteiger partial charge in [-0.2, -0.15) is 5.26 Å². The average molecular weight is 325 g/mol. The summed E-state index contributed by atoms with van der Waals surface area (Å²) < 4.78 is 0. The predicted octanol–water partition coefficient (Wildman–Crippen LogP) is 1.92. The Hall–Kier alpha value is -2.32. The lowest BCUT2D eigenvalue weighted by atomic mass is 9.87. The second-order valence-electron chi connectivity index (χ2n) is 6.77. The number of aliphatic hydroxyl groups is 1. The molecule has 1 aromatic rings. The van der Waals surface area contributed by atoms with Gasteiger partial charge in [0.05, 0.1) is 22.8 Å². The van der Waals surface area contributed by atoms with Crippen LogP contribution in [-0.2, 0) is 4.79 Å². The fraction of sp³-hybridized carbons (Fsp3) is 0.474. The van der Waals surface area contributed by atoms with E-state index in [1.807, 2.05) is 23.1 Å². The highest BCUT2D eigenvalue weighted by atomic mass is 16.3. The Morgan fingerprint density at radius 2 is 2.04 bits per heavy atom. The highest BCUT2D eigenvalue weighted by Gasteiger charge is 2.39. The van der Waals surface area contributed by atoms with Crippen molar-refractivity contribution in [3.8, 4) is 6.07 Å². The number of piperidine rings is 1. The van der Waals surface area contributed by atoms with Crippen LogP contribution in [0.3, 0.4) is 0 Å². The number of nitrogens with zero attached hydrogens (tertiary/aromatic N) is 3. The Bertz CT molecular complexity index is 665. The van der Waals surface area contributed by atoms with Crippen molar-refractivity contribution >= 4 is 11.6 Å². The molecule has 0 aliphatic carbocycles. The van der Waals surface area contributed by atoms with Gasteiger partial charge in [-0.3, -0.25) is 4.79 Å². The number of nitriles is 1. The SMILES string of the molecule is C=CCC1(O)CCN(C(=O)C2CN(c3ccccc3C#N)C2)CC1. The molecule has 0 aromatic heterocycles. The van der Waals surface area contributed by atoms with Crippen LogP contribution in [0.2, 0.25) is 0 Å². The van der Waals surface area contributed by atoms with Gasteiger partial charge in [-0.05, 0) is 31.4 Å². The molecule has 2 heterocycles. The molecule has 0 spiro atoms. The maximum atomic E-state index is 12.6. The molecule has 3 rings (SSSR count). The Morgan fingerprint density at radius 1 is 1.38 bits per heavy atom. The number of para-hydroxylation sites is 1. The predicted molar refractivity (Wildman–Crippen MR) is 92.4 cm³/mol. The van der Waals surface area contributed by atoms with Gasteiger partial charge in [-0.1, -0.05) is 18.2 Å². The standard InChI is InChI=1S/C19H23N3O2/c1-2-7-19(24)8-10-21(11-9-19)18(23)16-13-22(14-16)17-6-4-3-5-15(17)12-20/h2-6,16,24H,1,7-11,13-14H2. The number of rotatable bonds is 4. The molecule has 2 aliphatic rings. The summed E-state index contributed by atoms with van der Waals surface area (Å²) in [7, 11) is 0. The van der Waals surface area contributed by atoms with E-state index in [-0.39, 0.29) is 11.8 Å². The first-order chi connectivity index (χ1) is 11.6. The molecular formula is C19H23N3O2. The maximum absolute atomic E-state index is 12.6. The van der Waals surface area contributed by atoms with Crippen molar-refractivity contribution in [1.82, 2.24) is 4.90 Å². The molecule has 2 saturated heterocycles. The highest BCUT2D eigenvalue weighted by molar-refractivity contribution is 5.82. The van der Waals surface area contributed by atoms with Crippen LogP contribution in [-0.4, -0.2) is 47.7 Å². The van der Waals surface area contributed by atoms with E-state index in [4.69, 9.17) is 0 Å². The molecule has 1 N–H and O–H groups in total. The van der Waals surface area contributed by atoms with Gasteiger partial charge in [0.15, 0.2) is 0 Å². The van der Waals surface area contributed by atoms with Crippen LogP contribution in [0.25, 0.3) is 0 Å². The van der Waals surface area contributed by atoms with Crippen LogP contribution in [0.5, 0.6) is 0 Å². The zero-order valence-corrected chi connectivity index (χ0v) is 13.8. The van der Waals surface area contributed by atoms with E-state index in [0.29, 0.717) is 51.0 Å². The van der Waals surface area contributed by atoms with Crippen molar-refractivity contribution in [3.63, 3.8) is 0 Å². The van der Waals surface area contributed by atoms with Crippen LogP contribution < -0.4 is 4.90 Å². The lowest BCUT2D eigenvalue weighted by molar-refractivity contribution is -0.140. The largest absolute Gasteiger partial charge is 0.389 e. The van der Waals surface area contributed by atoms with Gasteiger partial charge in [-0.25, -0.2) is 0 Å². The number of likely N-dealkylation sites (tertiary alicyclic amines) is 1. The van der Waals surface area contributed by atoms with Crippen molar-refractivity contribution in [1.29, 1.82) is 5.26 Å². The number of benzene rings is 1. The van der Waals surface area contributed by atoms with Crippen LogP contribution in [0.4, 0.5) is 5.69 Å². The van der Waals surface area contributed by atoms with Crippen molar-refractivity contribution in [2.45, 2.75) is 24.9 Å². The molecule has 5 nitrogen and oxygen atoms in total. The van der Waals surface area contributed by atoms with Crippen molar-refractivity contribution in [2.75, 3.05) is 31.1 Å². The minimum atomic E-state index is -0.698. The van der Waals surface area contributed by atoms with Crippen molar-refractivity contribution in [2.24, 2.45) is 5.92 Å². The van der Waals surface area contributed by atoms with Gasteiger partial charge in [0.2, 0.25) is 5.91 Å². The lowest BCUT2D eigenvalue weighted by Gasteiger charge is -2.44. The molecule has 0 saturated carbocycles. The van der Waals surface area contributed by atoms with Crippen LogP contribution >= 0.6 is 0 Å². The van der Waals surface area contributed by atoms with Crippen molar-refractivity contribution in [3.05, 3.63) is 42.5 Å². The topological polar surface area (TPSA) is 67.6 Å². The minimum absolute atomic E-state index is 0.0117. The molecule has 0 atom stereocenters. The number of carbonyl (C=O) groups excluding carboxylic acids is 1. The molecule has 24 heavy (non-hydrogen) atoms. The number of amides is 1. The zero-order chi connectivity index (χ0) is 17.2. The quantitative estimate of drug-likeness (QED) is 0.859. The third-order valence-electron chi connectivity index (χ3n) is 5.13. The summed E-state index contributed by atoms with van der Waals surface area (Å²) >= 11 is 0. The molecule has 0 radical (unpaired) electrons. The summed E-state index contributed by atoms with van der Waals surface area (Å²) in [6, 6.07) is 9.69. The molecule has 2 aliphatic heterocycles. The normalized spacial score (nSPS) is 20.2. The Labute approximate surface area is 142 Å². The summed E-state index contributed by atoms with van der Waals surface area (Å²) in [6.45, 7) is 6.21. The highest BCUT2D eigenvalue weighted by Crippen LogP contribution is 2.31. The smallest absolute Gasteiger partial charge is 0.229 e. The number of anilines is 1. The van der Waals surface area contributed by atoms with Crippen LogP contribution in [0.1, 0.15) is 24.8 Å². The van der Waals surface area contributed by atoms with E-state index in [1.54, 1.807) is 12.1 Å². The van der Waals surface area contributed by atoms with Gasteiger partial charge in [0.1, 0.15) is 6.07 Å². The first-order valence-electron chi connectivity index (χ1n) is 8.42. The molecule has 1 aromatic carbocycles. The summed E-state index contributed by atoms with van der Waals surface area (Å²) in [5, 5.41) is 19.6. The van der Waals surface area contributed by atoms with Gasteiger partial charge >= 0.3 is 0 Å². The van der Waals surface area contributed by atoms with E-state index < -0.39 is 5.60 Å². The monoisotopic (exact) mass is 325 g/mol. The van der Waals surface area contributed by atoms with Gasteiger partial charge in [0, 0.05) is 26.2 Å². The van der Waals surface area contributed by atoms with Crippen LogP contribution in [0.15, 0.2) is 36.9 Å².